The van der Waals surface area contributed by atoms with E-state index in [1.54, 1.807) is 13.0 Å². The molecule has 1 saturated heterocycles. The van der Waals surface area contributed by atoms with E-state index < -0.39 is 29.8 Å². The standard InChI is InChI=1S/C21H24F3N5O2/c1-11(13-5-4-6-14(18(13)22)19(23)24)28-20(25)15-7-17(29(3)12-9-31-10-12)27-8-16(15)21(30)26-2/h4-8,11-12,19H,9-10H2,1-3H3,(H2,25,28)(H,26,30)/t11-/m1/s1. The summed E-state index contributed by atoms with van der Waals surface area (Å²) in [6.07, 6.45) is -1.55. The number of benzene rings is 1. The van der Waals surface area contributed by atoms with Crippen molar-refractivity contribution in [2.24, 2.45) is 10.7 Å². The number of rotatable bonds is 7. The van der Waals surface area contributed by atoms with Gasteiger partial charge in [0.25, 0.3) is 12.3 Å². The van der Waals surface area contributed by atoms with E-state index >= 15 is 0 Å². The first kappa shape index (κ1) is 22.5. The smallest absolute Gasteiger partial charge is 0.266 e. The summed E-state index contributed by atoms with van der Waals surface area (Å²) in [5.41, 5.74) is 5.99. The zero-order chi connectivity index (χ0) is 22.7. The minimum atomic E-state index is -2.94. The van der Waals surface area contributed by atoms with Gasteiger partial charge in [-0.2, -0.15) is 0 Å². The Morgan fingerprint density at radius 3 is 2.58 bits per heavy atom. The van der Waals surface area contributed by atoms with Crippen LogP contribution >= 0.6 is 0 Å². The van der Waals surface area contributed by atoms with Gasteiger partial charge in [-0.3, -0.25) is 9.79 Å². The van der Waals surface area contributed by atoms with E-state index in [1.165, 1.54) is 25.4 Å². The van der Waals surface area contributed by atoms with E-state index in [0.717, 1.165) is 6.07 Å². The number of likely N-dealkylation sites (N-methyl/N-ethyl adjacent to an activating group) is 1. The zero-order valence-electron chi connectivity index (χ0n) is 17.4. The minimum absolute atomic E-state index is 0.0137. The van der Waals surface area contributed by atoms with Crippen LogP contribution in [0.2, 0.25) is 0 Å². The number of nitrogens with two attached hydrogens (primary N) is 1. The maximum atomic E-state index is 14.5. The van der Waals surface area contributed by atoms with Gasteiger partial charge in [0.1, 0.15) is 17.5 Å². The lowest BCUT2D eigenvalue weighted by molar-refractivity contribution is 0.00988. The van der Waals surface area contributed by atoms with Gasteiger partial charge >= 0.3 is 0 Å². The number of nitrogens with one attached hydrogen (secondary N) is 1. The molecule has 2 heterocycles. The van der Waals surface area contributed by atoms with Crippen LogP contribution in [0.25, 0.3) is 0 Å². The van der Waals surface area contributed by atoms with Crippen molar-refractivity contribution in [1.82, 2.24) is 10.3 Å². The van der Waals surface area contributed by atoms with Crippen molar-refractivity contribution >= 4 is 17.6 Å². The van der Waals surface area contributed by atoms with E-state index in [0.29, 0.717) is 24.6 Å². The van der Waals surface area contributed by atoms with E-state index in [-0.39, 0.29) is 23.0 Å². The van der Waals surface area contributed by atoms with Crippen molar-refractivity contribution in [3.05, 3.63) is 58.5 Å². The molecule has 166 valence electrons. The number of aliphatic imine (C=N–C) groups is 1. The number of anilines is 1. The van der Waals surface area contributed by atoms with Gasteiger partial charge in [0.2, 0.25) is 0 Å². The normalized spacial score (nSPS) is 15.5. The largest absolute Gasteiger partial charge is 0.383 e. The zero-order valence-corrected chi connectivity index (χ0v) is 17.4. The second-order valence-corrected chi connectivity index (χ2v) is 7.21. The van der Waals surface area contributed by atoms with Crippen LogP contribution in [0.4, 0.5) is 19.0 Å². The van der Waals surface area contributed by atoms with Crippen molar-refractivity contribution in [2.75, 3.05) is 32.2 Å². The van der Waals surface area contributed by atoms with E-state index in [9.17, 15) is 18.0 Å². The Morgan fingerprint density at radius 1 is 1.32 bits per heavy atom. The van der Waals surface area contributed by atoms with E-state index in [1.807, 2.05) is 11.9 Å². The highest BCUT2D eigenvalue weighted by Crippen LogP contribution is 2.29. The maximum Gasteiger partial charge on any atom is 0.266 e. The number of ether oxygens (including phenoxy) is 1. The SMILES string of the molecule is CNC(=O)c1cnc(N(C)C2COC2)cc1C(N)=N[C@H](C)c1cccc(C(F)F)c1F. The molecule has 0 saturated carbocycles. The van der Waals surface area contributed by atoms with E-state index in [4.69, 9.17) is 10.5 Å². The highest BCUT2D eigenvalue weighted by atomic mass is 19.3. The van der Waals surface area contributed by atoms with Gasteiger partial charge in [-0.1, -0.05) is 18.2 Å². The van der Waals surface area contributed by atoms with Crippen LogP contribution in [0.5, 0.6) is 0 Å². The molecule has 7 nitrogen and oxygen atoms in total. The summed E-state index contributed by atoms with van der Waals surface area (Å²) in [7, 11) is 3.32. The third-order valence-electron chi connectivity index (χ3n) is 5.24. The van der Waals surface area contributed by atoms with Crippen LogP contribution in [0, 0.1) is 5.82 Å². The predicted octanol–water partition coefficient (Wildman–Crippen LogP) is 2.82. The molecule has 1 amide bonds. The number of nitrogens with zero attached hydrogens (tertiary/aromatic N) is 3. The van der Waals surface area contributed by atoms with Crippen LogP contribution in [-0.4, -0.2) is 50.1 Å². The lowest BCUT2D eigenvalue weighted by Gasteiger charge is -2.35. The minimum Gasteiger partial charge on any atom is -0.383 e. The Kier molecular flexibility index (Phi) is 6.79. The molecule has 0 spiro atoms. The van der Waals surface area contributed by atoms with Gasteiger partial charge < -0.3 is 20.7 Å². The highest BCUT2D eigenvalue weighted by Gasteiger charge is 2.26. The van der Waals surface area contributed by atoms with Gasteiger partial charge in [-0.25, -0.2) is 18.2 Å². The first-order valence-electron chi connectivity index (χ1n) is 9.67. The first-order valence-corrected chi connectivity index (χ1v) is 9.67. The van der Waals surface area contributed by atoms with Crippen LogP contribution in [-0.2, 0) is 4.74 Å². The number of hydrogen-bond donors (Lipinski definition) is 2. The van der Waals surface area contributed by atoms with Crippen molar-refractivity contribution in [3.8, 4) is 0 Å². The summed E-state index contributed by atoms with van der Waals surface area (Å²) in [6.45, 7) is 2.66. The van der Waals surface area contributed by atoms with Gasteiger partial charge in [0.15, 0.2) is 0 Å². The Balaban J connectivity index is 2.00. The summed E-state index contributed by atoms with van der Waals surface area (Å²) < 4.78 is 45.8. The number of carbonyl (C=O) groups excluding carboxylic acids is 1. The Morgan fingerprint density at radius 2 is 2.00 bits per heavy atom. The van der Waals surface area contributed by atoms with Gasteiger partial charge in [-0.15, -0.1) is 0 Å². The van der Waals surface area contributed by atoms with Crippen LogP contribution < -0.4 is 16.0 Å². The molecular formula is C21H24F3N5O2. The number of amides is 1. The summed E-state index contributed by atoms with van der Waals surface area (Å²) in [5.74, 6) is -0.906. The van der Waals surface area contributed by atoms with Gasteiger partial charge in [0.05, 0.1) is 36.4 Å². The molecule has 3 N–H and O–H groups in total. The summed E-state index contributed by atoms with van der Waals surface area (Å²) in [6, 6.07) is 4.67. The summed E-state index contributed by atoms with van der Waals surface area (Å²) in [4.78, 5) is 22.8. The summed E-state index contributed by atoms with van der Waals surface area (Å²) in [5, 5.41) is 2.52. The number of halogens is 3. The van der Waals surface area contributed by atoms with Gasteiger partial charge in [-0.05, 0) is 13.0 Å². The summed E-state index contributed by atoms with van der Waals surface area (Å²) >= 11 is 0. The number of pyridine rings is 1. The Bertz CT molecular complexity index is 995. The third-order valence-corrected chi connectivity index (χ3v) is 5.24. The van der Waals surface area contributed by atoms with Crippen molar-refractivity contribution in [2.45, 2.75) is 25.4 Å². The maximum absolute atomic E-state index is 14.5. The molecule has 1 atom stereocenters. The fourth-order valence-electron chi connectivity index (χ4n) is 3.21. The molecule has 1 aromatic heterocycles. The number of carbonyl (C=O) groups is 1. The predicted molar refractivity (Wildman–Crippen MR) is 111 cm³/mol. The number of amidine groups is 1. The Labute approximate surface area is 178 Å². The monoisotopic (exact) mass is 435 g/mol. The highest BCUT2D eigenvalue weighted by molar-refractivity contribution is 6.09. The molecule has 1 fully saturated rings. The van der Waals surface area contributed by atoms with Crippen molar-refractivity contribution in [1.29, 1.82) is 0 Å². The molecule has 2 aromatic rings. The fourth-order valence-corrected chi connectivity index (χ4v) is 3.21. The average molecular weight is 435 g/mol. The second-order valence-electron chi connectivity index (χ2n) is 7.21. The van der Waals surface area contributed by atoms with Crippen LogP contribution in [0.15, 0.2) is 35.5 Å². The van der Waals surface area contributed by atoms with Crippen molar-refractivity contribution in [3.63, 3.8) is 0 Å². The molecular weight excluding hydrogens is 411 g/mol. The second kappa shape index (κ2) is 9.34. The lowest BCUT2D eigenvalue weighted by atomic mass is 10.0. The number of aromatic nitrogens is 1. The van der Waals surface area contributed by atoms with Crippen LogP contribution in [0.3, 0.4) is 0 Å². The fraction of sp³-hybridized carbons (Fsp3) is 0.381. The molecule has 1 aliphatic heterocycles. The van der Waals surface area contributed by atoms with Crippen LogP contribution in [0.1, 0.15) is 46.4 Å². The quantitative estimate of drug-likeness (QED) is 0.515. The molecule has 10 heteroatoms. The molecule has 3 rings (SSSR count). The van der Waals surface area contributed by atoms with Crippen molar-refractivity contribution < 1.29 is 22.7 Å². The average Bonchev–Trinajstić information content (AvgIpc) is 2.71. The number of hydrogen-bond acceptors (Lipinski definition) is 5. The molecule has 1 aromatic carbocycles. The van der Waals surface area contributed by atoms with Gasteiger partial charge in [0, 0.05) is 31.4 Å². The molecule has 0 radical (unpaired) electrons. The lowest BCUT2D eigenvalue weighted by Crippen LogP contribution is -2.47. The van der Waals surface area contributed by atoms with E-state index in [2.05, 4.69) is 15.3 Å². The molecule has 0 aliphatic carbocycles. The molecule has 31 heavy (non-hydrogen) atoms. The molecule has 0 unspecified atom stereocenters. The number of alkyl halides is 2. The third kappa shape index (κ3) is 4.63. The molecule has 0 bridgehead atoms. The molecule has 1 aliphatic rings. The first-order chi connectivity index (χ1) is 14.7. The Hall–Kier alpha value is -3.14. The topological polar surface area (TPSA) is 92.8 Å².